The van der Waals surface area contributed by atoms with Crippen molar-refractivity contribution < 1.29 is 22.6 Å². The van der Waals surface area contributed by atoms with Gasteiger partial charge in [0.05, 0.1) is 30.5 Å². The molecule has 30 heavy (non-hydrogen) atoms. The molecule has 0 aromatic heterocycles. The molecule has 4 rings (SSSR count). The molecule has 0 radical (unpaired) electrons. The zero-order chi connectivity index (χ0) is 21.1. The molecular weight excluding hydrogens is 400 g/mol. The largest absolute Gasteiger partial charge is 0.497 e. The van der Waals surface area contributed by atoms with Crippen LogP contribution in [0.2, 0.25) is 0 Å². The van der Waals surface area contributed by atoms with E-state index in [1.165, 1.54) is 0 Å². The molecular formula is C24H24O5S. The lowest BCUT2D eigenvalue weighted by Gasteiger charge is -2.22. The van der Waals surface area contributed by atoms with Crippen molar-refractivity contribution in [2.45, 2.75) is 28.8 Å². The van der Waals surface area contributed by atoms with Gasteiger partial charge in [-0.25, -0.2) is 8.42 Å². The molecule has 5 nitrogen and oxygen atoms in total. The maximum Gasteiger partial charge on any atom is 0.184 e. The van der Waals surface area contributed by atoms with Crippen molar-refractivity contribution >= 4 is 9.84 Å². The average molecular weight is 425 g/mol. The predicted molar refractivity (Wildman–Crippen MR) is 115 cm³/mol. The Bertz CT molecular complexity index is 1100. The van der Waals surface area contributed by atoms with E-state index in [1.807, 2.05) is 36.4 Å². The van der Waals surface area contributed by atoms with Gasteiger partial charge in [0.2, 0.25) is 0 Å². The van der Waals surface area contributed by atoms with Crippen molar-refractivity contribution in [1.29, 1.82) is 0 Å². The molecule has 1 aliphatic heterocycles. The van der Waals surface area contributed by atoms with E-state index in [-0.39, 0.29) is 6.10 Å². The van der Waals surface area contributed by atoms with Crippen LogP contribution in [0.3, 0.4) is 0 Å². The van der Waals surface area contributed by atoms with Crippen molar-refractivity contribution in [2.24, 2.45) is 0 Å². The Labute approximate surface area is 177 Å². The topological polar surface area (TPSA) is 61.8 Å². The number of hydrogen-bond donors (Lipinski definition) is 0. The van der Waals surface area contributed by atoms with Gasteiger partial charge < -0.3 is 14.2 Å². The lowest BCUT2D eigenvalue weighted by Crippen LogP contribution is -2.25. The predicted octanol–water partition coefficient (Wildman–Crippen LogP) is 4.75. The Morgan fingerprint density at radius 1 is 0.867 bits per heavy atom. The van der Waals surface area contributed by atoms with Crippen LogP contribution in [0.1, 0.15) is 29.8 Å². The fourth-order valence-electron chi connectivity index (χ4n) is 3.94. The van der Waals surface area contributed by atoms with Gasteiger partial charge in [0, 0.05) is 11.6 Å². The maximum absolute atomic E-state index is 13.6. The molecule has 1 saturated heterocycles. The maximum atomic E-state index is 13.6. The minimum absolute atomic E-state index is 0.296. The summed E-state index contributed by atoms with van der Waals surface area (Å²) in [7, 11) is -0.493. The van der Waals surface area contributed by atoms with Crippen LogP contribution >= 0.6 is 0 Å². The van der Waals surface area contributed by atoms with E-state index in [1.54, 1.807) is 56.7 Å². The van der Waals surface area contributed by atoms with Gasteiger partial charge in [0.25, 0.3) is 0 Å². The quantitative estimate of drug-likeness (QED) is 0.572. The fourth-order valence-corrected chi connectivity index (χ4v) is 5.79. The SMILES string of the molecule is COc1ccc([C@H]2O[C@H](c3ccccc3)C[C@@H]2S(=O)(=O)c2ccccc2)c(OC)c1. The van der Waals surface area contributed by atoms with Crippen molar-refractivity contribution in [3.8, 4) is 11.5 Å². The van der Waals surface area contributed by atoms with Gasteiger partial charge in [-0.05, 0) is 36.2 Å². The smallest absolute Gasteiger partial charge is 0.184 e. The van der Waals surface area contributed by atoms with E-state index >= 15 is 0 Å². The number of rotatable bonds is 6. The summed E-state index contributed by atoms with van der Waals surface area (Å²) >= 11 is 0. The van der Waals surface area contributed by atoms with Crippen LogP contribution in [0, 0.1) is 0 Å². The van der Waals surface area contributed by atoms with Gasteiger partial charge in [-0.3, -0.25) is 0 Å². The molecule has 1 fully saturated rings. The highest BCUT2D eigenvalue weighted by molar-refractivity contribution is 7.92. The van der Waals surface area contributed by atoms with Crippen molar-refractivity contribution in [1.82, 2.24) is 0 Å². The standard InChI is InChI=1S/C24H24O5S/c1-27-18-13-14-20(22(15-18)28-2)24-23(30(25,26)19-11-7-4-8-12-19)16-21(29-24)17-9-5-3-6-10-17/h3-15,21,23-24H,16H2,1-2H3/t21-,23-,24+/m0/s1. The molecule has 3 aromatic rings. The lowest BCUT2D eigenvalue weighted by molar-refractivity contribution is 0.0433. The van der Waals surface area contributed by atoms with E-state index in [0.29, 0.717) is 28.4 Å². The number of ether oxygens (including phenoxy) is 3. The second-order valence-corrected chi connectivity index (χ2v) is 9.36. The number of sulfone groups is 1. The molecule has 3 aromatic carbocycles. The van der Waals surface area contributed by atoms with Crippen molar-refractivity contribution in [3.05, 3.63) is 90.0 Å². The van der Waals surface area contributed by atoms with E-state index in [9.17, 15) is 8.42 Å². The second kappa shape index (κ2) is 8.50. The number of benzene rings is 3. The van der Waals surface area contributed by atoms with E-state index in [0.717, 1.165) is 5.56 Å². The molecule has 1 aliphatic rings. The molecule has 1 heterocycles. The molecule has 0 N–H and O–H groups in total. The molecule has 0 unspecified atom stereocenters. The summed E-state index contributed by atoms with van der Waals surface area (Å²) in [4.78, 5) is 0.296. The third-order valence-corrected chi connectivity index (χ3v) is 7.65. The molecule has 0 aliphatic carbocycles. The van der Waals surface area contributed by atoms with Crippen molar-refractivity contribution in [2.75, 3.05) is 14.2 Å². The molecule has 0 bridgehead atoms. The van der Waals surface area contributed by atoms with E-state index in [2.05, 4.69) is 0 Å². The summed E-state index contributed by atoms with van der Waals surface area (Å²) < 4.78 is 44.4. The van der Waals surface area contributed by atoms with E-state index < -0.39 is 21.2 Å². The lowest BCUT2D eigenvalue weighted by atomic mass is 10.0. The van der Waals surface area contributed by atoms with Crippen LogP contribution in [-0.4, -0.2) is 27.9 Å². The Kier molecular flexibility index (Phi) is 5.79. The van der Waals surface area contributed by atoms with Gasteiger partial charge in [-0.2, -0.15) is 0 Å². The summed E-state index contributed by atoms with van der Waals surface area (Å²) in [6.45, 7) is 0. The monoisotopic (exact) mass is 424 g/mol. The zero-order valence-corrected chi connectivity index (χ0v) is 17.7. The summed E-state index contributed by atoms with van der Waals surface area (Å²) in [5, 5.41) is -0.743. The van der Waals surface area contributed by atoms with Crippen molar-refractivity contribution in [3.63, 3.8) is 0 Å². The average Bonchev–Trinajstić information content (AvgIpc) is 3.26. The molecule has 6 heteroatoms. The first-order valence-electron chi connectivity index (χ1n) is 9.76. The van der Waals surface area contributed by atoms with Crippen LogP contribution < -0.4 is 9.47 Å². The normalized spacial score (nSPS) is 21.3. The Morgan fingerprint density at radius 2 is 1.53 bits per heavy atom. The first kappa shape index (κ1) is 20.4. The van der Waals surface area contributed by atoms with Gasteiger partial charge >= 0.3 is 0 Å². The first-order chi connectivity index (χ1) is 14.5. The summed E-state index contributed by atoms with van der Waals surface area (Å²) in [6, 6.07) is 23.6. The van der Waals surface area contributed by atoms with Gasteiger partial charge in [0.15, 0.2) is 9.84 Å². The summed E-state index contributed by atoms with van der Waals surface area (Å²) in [6.07, 6.45) is -0.631. The summed E-state index contributed by atoms with van der Waals surface area (Å²) in [5.74, 6) is 1.18. The van der Waals surface area contributed by atoms with E-state index in [4.69, 9.17) is 14.2 Å². The Morgan fingerprint density at radius 3 is 2.17 bits per heavy atom. The van der Waals surface area contributed by atoms with Crippen LogP contribution in [0.4, 0.5) is 0 Å². The minimum atomic E-state index is -3.63. The zero-order valence-electron chi connectivity index (χ0n) is 16.9. The Balaban J connectivity index is 1.79. The fraction of sp³-hybridized carbons (Fsp3) is 0.250. The van der Waals surface area contributed by atoms with Crippen LogP contribution in [-0.2, 0) is 14.6 Å². The molecule has 0 amide bonds. The van der Waals surface area contributed by atoms with Gasteiger partial charge in [-0.15, -0.1) is 0 Å². The minimum Gasteiger partial charge on any atom is -0.497 e. The number of methoxy groups -OCH3 is 2. The van der Waals surface area contributed by atoms with Crippen LogP contribution in [0.5, 0.6) is 11.5 Å². The first-order valence-corrected chi connectivity index (χ1v) is 11.3. The molecule has 0 saturated carbocycles. The molecule has 0 spiro atoms. The highest BCUT2D eigenvalue weighted by Gasteiger charge is 2.46. The number of hydrogen-bond acceptors (Lipinski definition) is 5. The van der Waals surface area contributed by atoms with Gasteiger partial charge in [0.1, 0.15) is 17.6 Å². The van der Waals surface area contributed by atoms with Crippen LogP contribution in [0.25, 0.3) is 0 Å². The van der Waals surface area contributed by atoms with Gasteiger partial charge in [-0.1, -0.05) is 48.5 Å². The third kappa shape index (κ3) is 3.80. The molecule has 3 atom stereocenters. The summed E-state index contributed by atoms with van der Waals surface area (Å²) in [5.41, 5.74) is 1.65. The Hall–Kier alpha value is -2.83. The highest BCUT2D eigenvalue weighted by Crippen LogP contribution is 2.48. The highest BCUT2D eigenvalue weighted by atomic mass is 32.2. The second-order valence-electron chi connectivity index (χ2n) is 7.20. The van der Waals surface area contributed by atoms with Crippen LogP contribution in [0.15, 0.2) is 83.8 Å². The third-order valence-electron chi connectivity index (χ3n) is 5.48. The molecule has 156 valence electrons.